The monoisotopic (exact) mass is 663 g/mol. The average Bonchev–Trinajstić information content (AvgIpc) is 3.51. The van der Waals surface area contributed by atoms with Crippen LogP contribution >= 0.6 is 0 Å². The molecule has 0 unspecified atom stereocenters. The van der Waals surface area contributed by atoms with Crippen LogP contribution in [0.25, 0.3) is 67.6 Å². The fourth-order valence-electron chi connectivity index (χ4n) is 7.36. The van der Waals surface area contributed by atoms with Gasteiger partial charge in [0.15, 0.2) is 0 Å². The minimum Gasteiger partial charge on any atom is -0.312 e. The maximum Gasteiger partial charge on any atom is 0.103 e. The number of nitrogens with zero attached hydrogens (tertiary/aromatic N) is 5. The lowest BCUT2D eigenvalue weighted by molar-refractivity contribution is 1.00. The van der Waals surface area contributed by atoms with Crippen molar-refractivity contribution in [3.8, 4) is 51.8 Å². The zero-order valence-electron chi connectivity index (χ0n) is 28.4. The lowest BCUT2D eigenvalue weighted by Gasteiger charge is -2.17. The van der Waals surface area contributed by atoms with Crippen LogP contribution in [0, 0.1) is 53.0 Å². The Hall–Kier alpha value is -7.57. The minimum absolute atomic E-state index is 0.461. The maximum absolute atomic E-state index is 10.8. The van der Waals surface area contributed by atoms with Crippen LogP contribution in [-0.2, 0) is 6.42 Å². The number of aromatic nitrogens is 2. The summed E-state index contributed by atoms with van der Waals surface area (Å²) in [6.07, 6.45) is 14.7. The van der Waals surface area contributed by atoms with Crippen molar-refractivity contribution in [1.82, 2.24) is 9.13 Å². The molecule has 0 spiro atoms. The summed E-state index contributed by atoms with van der Waals surface area (Å²) >= 11 is 0. The fourth-order valence-corrected chi connectivity index (χ4v) is 7.36. The summed E-state index contributed by atoms with van der Waals surface area (Å²) in [6.45, 7) is 5.88. The van der Waals surface area contributed by atoms with Crippen molar-refractivity contribution in [1.29, 1.82) is 15.8 Å². The van der Waals surface area contributed by atoms with Gasteiger partial charge in [0.1, 0.15) is 6.07 Å². The van der Waals surface area contributed by atoms with Crippen LogP contribution in [-0.4, -0.2) is 9.13 Å². The number of para-hydroxylation sites is 1. The van der Waals surface area contributed by atoms with Crippen molar-refractivity contribution in [2.24, 2.45) is 0 Å². The Labute approximate surface area is 302 Å². The van der Waals surface area contributed by atoms with Crippen molar-refractivity contribution >= 4 is 34.0 Å². The molecule has 0 amide bonds. The maximum atomic E-state index is 10.8. The third kappa shape index (κ3) is 5.11. The molecule has 2 heterocycles. The second-order valence-corrected chi connectivity index (χ2v) is 12.6. The smallest absolute Gasteiger partial charge is 0.103 e. The van der Waals surface area contributed by atoms with Crippen LogP contribution in [0.15, 0.2) is 128 Å². The summed E-state index contributed by atoms with van der Waals surface area (Å²) in [4.78, 5) is 0. The van der Waals surface area contributed by atoms with E-state index < -0.39 is 0 Å². The highest BCUT2D eigenvalue weighted by Gasteiger charge is 2.22. The molecule has 0 bridgehead atoms. The van der Waals surface area contributed by atoms with Crippen molar-refractivity contribution in [3.05, 3.63) is 179 Å². The van der Waals surface area contributed by atoms with E-state index in [9.17, 15) is 15.8 Å². The van der Waals surface area contributed by atoms with Gasteiger partial charge < -0.3 is 9.13 Å². The third-order valence-electron chi connectivity index (χ3n) is 9.72. The molecule has 242 valence electrons. The molecule has 8 rings (SSSR count). The van der Waals surface area contributed by atoms with Gasteiger partial charge in [0.05, 0.1) is 56.8 Å². The molecular weight excluding hydrogens is 635 g/mol. The number of rotatable bonds is 6. The zero-order valence-corrected chi connectivity index (χ0v) is 28.4. The second-order valence-electron chi connectivity index (χ2n) is 12.6. The lowest BCUT2D eigenvalue weighted by Crippen LogP contribution is -2.03. The second kappa shape index (κ2) is 13.0. The van der Waals surface area contributed by atoms with Crippen LogP contribution in [0.1, 0.15) is 39.2 Å². The van der Waals surface area contributed by atoms with Gasteiger partial charge in [0, 0.05) is 45.8 Å². The molecule has 0 aliphatic heterocycles. The quantitative estimate of drug-likeness (QED) is 0.166. The zero-order chi connectivity index (χ0) is 35.8. The lowest BCUT2D eigenvalue weighted by atomic mass is 9.95. The molecule has 0 N–H and O–H groups in total. The molecule has 0 fully saturated rings. The summed E-state index contributed by atoms with van der Waals surface area (Å²) in [5, 5.41) is 32.2. The van der Waals surface area contributed by atoms with Gasteiger partial charge in [-0.05, 0) is 72.2 Å². The van der Waals surface area contributed by atoms with Crippen molar-refractivity contribution in [2.45, 2.75) is 13.3 Å². The minimum atomic E-state index is 0.461. The first-order valence-electron chi connectivity index (χ1n) is 16.9. The van der Waals surface area contributed by atoms with Gasteiger partial charge in [-0.1, -0.05) is 97.6 Å². The molecule has 5 nitrogen and oxygen atoms in total. The Balaban J connectivity index is 1.32. The molecule has 0 radical (unpaired) electrons. The Bertz CT molecular complexity index is 2830. The van der Waals surface area contributed by atoms with Crippen molar-refractivity contribution in [2.75, 3.05) is 0 Å². The standard InChI is InChI=1S/C47H29N5/c1-3-4-17-42-31(2)40-25-32(28-48)22-24-46(40)51(42)45-20-11-16-36(41(45)30-50)34-12-10-13-35(27-34)37-14-8-9-19-43(37)52-44-18-7-5-6-15-38(44)39-23-21-33(29-49)26-47(39)52/h3-10,12-15,17,19-27H,1,18H2,2H3/b17-4-. The van der Waals surface area contributed by atoms with E-state index in [-0.39, 0.29) is 0 Å². The number of hydrogen-bond acceptors (Lipinski definition) is 3. The summed E-state index contributed by atoms with van der Waals surface area (Å²) in [6, 6.07) is 43.3. The number of benzene rings is 4. The van der Waals surface area contributed by atoms with Gasteiger partial charge >= 0.3 is 0 Å². The molecule has 5 heteroatoms. The van der Waals surface area contributed by atoms with Gasteiger partial charge in [-0.2, -0.15) is 15.8 Å². The summed E-state index contributed by atoms with van der Waals surface area (Å²) in [7, 11) is 0. The van der Waals surface area contributed by atoms with Crippen LogP contribution in [0.2, 0.25) is 0 Å². The first-order chi connectivity index (χ1) is 25.6. The normalized spacial score (nSPS) is 11.9. The Kier molecular flexibility index (Phi) is 7.95. The predicted molar refractivity (Wildman–Crippen MR) is 209 cm³/mol. The highest BCUT2D eigenvalue weighted by atomic mass is 15.0. The Morgan fingerprint density at radius 1 is 0.769 bits per heavy atom. The molecule has 0 saturated heterocycles. The highest BCUT2D eigenvalue weighted by Crippen LogP contribution is 2.39. The van der Waals surface area contributed by atoms with E-state index in [0.29, 0.717) is 27.9 Å². The number of hydrogen-bond donors (Lipinski definition) is 0. The molecule has 0 atom stereocenters. The third-order valence-corrected chi connectivity index (χ3v) is 9.72. The first kappa shape index (κ1) is 31.7. The predicted octanol–water partition coefficient (Wildman–Crippen LogP) is 10.8. The molecule has 52 heavy (non-hydrogen) atoms. The van der Waals surface area contributed by atoms with Gasteiger partial charge in [0.2, 0.25) is 0 Å². The van der Waals surface area contributed by atoms with E-state index in [0.717, 1.165) is 73.1 Å². The fraction of sp³-hybridized carbons (Fsp3) is 0.0426. The van der Waals surface area contributed by atoms with Crippen LogP contribution in [0.5, 0.6) is 0 Å². The largest absolute Gasteiger partial charge is 0.312 e. The molecule has 1 aliphatic carbocycles. The van der Waals surface area contributed by atoms with Crippen molar-refractivity contribution in [3.63, 3.8) is 0 Å². The van der Waals surface area contributed by atoms with E-state index in [2.05, 4.69) is 94.6 Å². The molecular formula is C47H29N5. The van der Waals surface area contributed by atoms with E-state index in [1.54, 1.807) is 18.2 Å². The number of nitriles is 3. The molecule has 7 aromatic rings. The van der Waals surface area contributed by atoms with E-state index in [1.165, 1.54) is 0 Å². The summed E-state index contributed by atoms with van der Waals surface area (Å²) in [5.41, 5.74) is 12.8. The topological polar surface area (TPSA) is 81.2 Å². The number of aryl methyl sites for hydroxylation is 1. The van der Waals surface area contributed by atoms with Crippen LogP contribution in [0.4, 0.5) is 0 Å². The molecule has 0 saturated carbocycles. The first-order valence-corrected chi connectivity index (χ1v) is 16.9. The average molecular weight is 664 g/mol. The van der Waals surface area contributed by atoms with Crippen molar-refractivity contribution < 1.29 is 0 Å². The van der Waals surface area contributed by atoms with Gasteiger partial charge in [-0.15, -0.1) is 0 Å². The van der Waals surface area contributed by atoms with E-state index >= 15 is 0 Å². The van der Waals surface area contributed by atoms with Gasteiger partial charge in [0.25, 0.3) is 0 Å². The highest BCUT2D eigenvalue weighted by molar-refractivity contribution is 5.96. The van der Waals surface area contributed by atoms with Crippen LogP contribution in [0.3, 0.4) is 0 Å². The van der Waals surface area contributed by atoms with E-state index in [4.69, 9.17) is 0 Å². The van der Waals surface area contributed by atoms with Gasteiger partial charge in [-0.25, -0.2) is 0 Å². The summed E-state index contributed by atoms with van der Waals surface area (Å²) in [5.74, 6) is 0. The van der Waals surface area contributed by atoms with Gasteiger partial charge in [-0.3, -0.25) is 0 Å². The Morgan fingerprint density at radius 2 is 1.58 bits per heavy atom. The Morgan fingerprint density at radius 3 is 2.40 bits per heavy atom. The van der Waals surface area contributed by atoms with E-state index in [1.807, 2.05) is 73.7 Å². The SMILES string of the molecule is C=C/C=C\c1c(C)c2cc(C#N)ccc2n1-c1cc#cc(-c2cccc(-c3ccccc3-n3c4c(c5ccc(C#N)cc53)C=CC=CC4)c2)c1C#N. The number of allylic oxidation sites excluding steroid dienone is 5. The molecule has 5 aromatic carbocycles. The summed E-state index contributed by atoms with van der Waals surface area (Å²) < 4.78 is 4.34. The molecule has 2 aromatic heterocycles. The van der Waals surface area contributed by atoms with Crippen LogP contribution < -0.4 is 0 Å². The number of fused-ring (bicyclic) bond motifs is 4. The molecule has 1 aliphatic rings.